The van der Waals surface area contributed by atoms with E-state index in [0.717, 1.165) is 58.5 Å². The predicted octanol–water partition coefficient (Wildman–Crippen LogP) is 6.08. The predicted molar refractivity (Wildman–Crippen MR) is 149 cm³/mol. The van der Waals surface area contributed by atoms with Gasteiger partial charge in [0.15, 0.2) is 0 Å². The van der Waals surface area contributed by atoms with E-state index in [9.17, 15) is 4.79 Å². The minimum absolute atomic E-state index is 0.213. The number of hydrogen-bond acceptors (Lipinski definition) is 4. The molecule has 0 aromatic carbocycles. The Kier molecular flexibility index (Phi) is 23.5. The van der Waals surface area contributed by atoms with Crippen LogP contribution in [0.2, 0.25) is 0 Å². The van der Waals surface area contributed by atoms with E-state index in [1.165, 1.54) is 103 Å². The maximum absolute atomic E-state index is 12.4. The number of amides is 1. The monoisotopic (exact) mass is 480 g/mol. The molecule has 0 bridgehead atoms. The second-order valence-electron chi connectivity index (χ2n) is 10.5. The molecule has 1 fully saturated rings. The van der Waals surface area contributed by atoms with Crippen molar-refractivity contribution < 1.29 is 4.79 Å². The first-order valence-electron chi connectivity index (χ1n) is 15.2. The number of unbranched alkanes of at least 4 members (excludes halogenated alkanes) is 13. The first kappa shape index (κ1) is 31.4. The molecule has 34 heavy (non-hydrogen) atoms. The summed E-state index contributed by atoms with van der Waals surface area (Å²) >= 11 is 0. The van der Waals surface area contributed by atoms with Crippen molar-refractivity contribution in [1.29, 1.82) is 0 Å². The van der Waals surface area contributed by atoms with Gasteiger partial charge in [-0.25, -0.2) is 0 Å². The van der Waals surface area contributed by atoms with Gasteiger partial charge < -0.3 is 21.3 Å². The lowest BCUT2D eigenvalue weighted by molar-refractivity contribution is -0.121. The largest absolute Gasteiger partial charge is 0.356 e. The lowest BCUT2D eigenvalue weighted by atomic mass is 10.0. The average Bonchev–Trinajstić information content (AvgIpc) is 2.84. The van der Waals surface area contributed by atoms with Gasteiger partial charge in [0.05, 0.1) is 0 Å². The van der Waals surface area contributed by atoms with Crippen LogP contribution in [0.1, 0.15) is 135 Å². The number of rotatable bonds is 15. The highest BCUT2D eigenvalue weighted by atomic mass is 16.1. The number of hydrogen-bond donors (Lipinski definition) is 4. The Hall–Kier alpha value is -0.650. The molecule has 1 aliphatic rings. The molecule has 4 N–H and O–H groups in total. The minimum Gasteiger partial charge on any atom is -0.356 e. The summed E-state index contributed by atoms with van der Waals surface area (Å²) < 4.78 is 0. The summed E-state index contributed by atoms with van der Waals surface area (Å²) in [5, 5.41) is 13.8. The molecule has 1 saturated heterocycles. The summed E-state index contributed by atoms with van der Waals surface area (Å²) in [5.74, 6) is 0.213. The molecule has 0 aliphatic carbocycles. The Morgan fingerprint density at radius 2 is 1.06 bits per heavy atom. The topological polar surface area (TPSA) is 65.2 Å². The lowest BCUT2D eigenvalue weighted by Crippen LogP contribution is -2.37. The number of carbonyl (C=O) groups excluding carboxylic acids is 1. The molecule has 5 nitrogen and oxygen atoms in total. The first-order chi connectivity index (χ1) is 16.8. The molecule has 0 saturated carbocycles. The van der Waals surface area contributed by atoms with Gasteiger partial charge in [0, 0.05) is 19.0 Å². The first-order valence-corrected chi connectivity index (χ1v) is 15.2. The standard InChI is InChI=1S/C29H60N4O/c1-2-3-4-5-6-7-8-9-10-11-12-13-14-15-20-28-27-29(34)33-26-19-24-31-22-17-16-21-30-23-18-25-32-28/h28,30-32H,2-27H2,1H3,(H,33,34)/t28-/m1/s1. The van der Waals surface area contributed by atoms with Gasteiger partial charge in [0.25, 0.3) is 0 Å². The van der Waals surface area contributed by atoms with Crippen molar-refractivity contribution in [2.45, 2.75) is 141 Å². The Balaban J connectivity index is 2.08. The van der Waals surface area contributed by atoms with Crippen molar-refractivity contribution in [1.82, 2.24) is 21.3 Å². The summed E-state index contributed by atoms with van der Waals surface area (Å²) in [5.41, 5.74) is 0. The maximum Gasteiger partial charge on any atom is 0.221 e. The molecular weight excluding hydrogens is 420 g/mol. The van der Waals surface area contributed by atoms with Gasteiger partial charge in [0.1, 0.15) is 0 Å². The molecule has 5 heteroatoms. The van der Waals surface area contributed by atoms with Crippen molar-refractivity contribution in [2.75, 3.05) is 39.3 Å². The minimum atomic E-state index is 0.213. The van der Waals surface area contributed by atoms with E-state index in [1.54, 1.807) is 0 Å². The number of carbonyl (C=O) groups is 1. The fourth-order valence-corrected chi connectivity index (χ4v) is 4.87. The van der Waals surface area contributed by atoms with Crippen LogP contribution in [0.3, 0.4) is 0 Å². The molecule has 0 radical (unpaired) electrons. The van der Waals surface area contributed by atoms with Crippen molar-refractivity contribution in [3.8, 4) is 0 Å². The van der Waals surface area contributed by atoms with Crippen LogP contribution in [0.4, 0.5) is 0 Å². The van der Waals surface area contributed by atoms with Gasteiger partial charge in [-0.05, 0) is 64.8 Å². The van der Waals surface area contributed by atoms with E-state index in [4.69, 9.17) is 0 Å². The second-order valence-corrected chi connectivity index (χ2v) is 10.5. The molecule has 202 valence electrons. The average molecular weight is 481 g/mol. The summed E-state index contributed by atoms with van der Waals surface area (Å²) in [6, 6.07) is 0.325. The van der Waals surface area contributed by atoms with Crippen LogP contribution in [0.5, 0.6) is 0 Å². The van der Waals surface area contributed by atoms with Crippen molar-refractivity contribution in [3.05, 3.63) is 0 Å². The molecular formula is C29H60N4O. The molecule has 1 rings (SSSR count). The SMILES string of the molecule is CCCCCCCCCCCCCCCC[C@@H]1CC(=O)NCCCNCCCCNCCCN1. The Morgan fingerprint density at radius 3 is 1.62 bits per heavy atom. The highest BCUT2D eigenvalue weighted by molar-refractivity contribution is 5.76. The lowest BCUT2D eigenvalue weighted by Gasteiger charge is -2.19. The van der Waals surface area contributed by atoms with E-state index < -0.39 is 0 Å². The highest BCUT2D eigenvalue weighted by Gasteiger charge is 2.13. The fourth-order valence-electron chi connectivity index (χ4n) is 4.87. The van der Waals surface area contributed by atoms with Crippen LogP contribution in [-0.2, 0) is 4.79 Å². The van der Waals surface area contributed by atoms with Crippen LogP contribution >= 0.6 is 0 Å². The Labute approximate surface area is 212 Å². The third-order valence-electron chi connectivity index (χ3n) is 7.11. The van der Waals surface area contributed by atoms with Crippen LogP contribution in [0.25, 0.3) is 0 Å². The van der Waals surface area contributed by atoms with E-state index in [0.29, 0.717) is 12.5 Å². The molecule has 0 aromatic rings. The highest BCUT2D eigenvalue weighted by Crippen LogP contribution is 2.14. The molecule has 1 heterocycles. The van der Waals surface area contributed by atoms with E-state index in [-0.39, 0.29) is 5.91 Å². The Morgan fingerprint density at radius 1 is 0.588 bits per heavy atom. The zero-order valence-electron chi connectivity index (χ0n) is 22.9. The third kappa shape index (κ3) is 21.9. The van der Waals surface area contributed by atoms with Crippen LogP contribution in [0, 0.1) is 0 Å². The van der Waals surface area contributed by atoms with Gasteiger partial charge in [-0.1, -0.05) is 96.8 Å². The zero-order chi connectivity index (χ0) is 24.4. The third-order valence-corrected chi connectivity index (χ3v) is 7.11. The van der Waals surface area contributed by atoms with Gasteiger partial charge in [-0.2, -0.15) is 0 Å². The second kappa shape index (κ2) is 25.4. The quantitative estimate of drug-likeness (QED) is 0.215. The number of nitrogens with one attached hydrogen (secondary N) is 4. The van der Waals surface area contributed by atoms with Crippen LogP contribution in [-0.4, -0.2) is 51.2 Å². The summed E-state index contributed by atoms with van der Waals surface area (Å²) in [6.45, 7) is 8.34. The maximum atomic E-state index is 12.4. The van der Waals surface area contributed by atoms with Gasteiger partial charge in [-0.15, -0.1) is 0 Å². The molecule has 0 unspecified atom stereocenters. The van der Waals surface area contributed by atoms with Gasteiger partial charge >= 0.3 is 0 Å². The molecule has 1 atom stereocenters. The van der Waals surface area contributed by atoms with E-state index in [1.807, 2.05) is 0 Å². The van der Waals surface area contributed by atoms with Crippen molar-refractivity contribution in [2.24, 2.45) is 0 Å². The molecule has 0 spiro atoms. The van der Waals surface area contributed by atoms with Crippen molar-refractivity contribution >= 4 is 5.91 Å². The smallest absolute Gasteiger partial charge is 0.221 e. The zero-order valence-corrected chi connectivity index (χ0v) is 22.9. The van der Waals surface area contributed by atoms with E-state index in [2.05, 4.69) is 28.2 Å². The van der Waals surface area contributed by atoms with Gasteiger partial charge in [-0.3, -0.25) is 4.79 Å². The van der Waals surface area contributed by atoms with Crippen LogP contribution in [0.15, 0.2) is 0 Å². The Bertz CT molecular complexity index is 432. The normalized spacial score (nSPS) is 20.0. The summed E-state index contributed by atoms with van der Waals surface area (Å²) in [4.78, 5) is 12.4. The van der Waals surface area contributed by atoms with Gasteiger partial charge in [0.2, 0.25) is 5.91 Å². The summed E-state index contributed by atoms with van der Waals surface area (Å²) in [7, 11) is 0. The molecule has 1 aliphatic heterocycles. The fraction of sp³-hybridized carbons (Fsp3) is 0.966. The van der Waals surface area contributed by atoms with E-state index >= 15 is 0 Å². The molecule has 0 aromatic heterocycles. The van der Waals surface area contributed by atoms with Crippen molar-refractivity contribution in [3.63, 3.8) is 0 Å². The summed E-state index contributed by atoms with van der Waals surface area (Å²) in [6.07, 6.45) is 25.9. The van der Waals surface area contributed by atoms with Crippen LogP contribution < -0.4 is 21.3 Å². The molecule has 1 amide bonds.